The van der Waals surface area contributed by atoms with Crippen molar-refractivity contribution < 1.29 is 48.0 Å². The van der Waals surface area contributed by atoms with Crippen molar-refractivity contribution >= 4 is 79.9 Å². The molecule has 0 radical (unpaired) electrons. The first-order valence-corrected chi connectivity index (χ1v) is 21.2. The number of hydrogen-bond acceptors (Lipinski definition) is 0. The Kier molecular flexibility index (Phi) is 8.21. The van der Waals surface area contributed by atoms with Gasteiger partial charge in [0.1, 0.15) is 0 Å². The van der Waals surface area contributed by atoms with Gasteiger partial charge in [-0.3, -0.25) is 0 Å². The molecule has 5 heteroatoms. The second kappa shape index (κ2) is 12.4. The van der Waals surface area contributed by atoms with Gasteiger partial charge in [-0.2, -0.15) is 0 Å². The smallest absolute Gasteiger partial charge is 1.00 e. The zero-order valence-electron chi connectivity index (χ0n) is 25.3. The molecule has 0 N–H and O–H groups in total. The van der Waals surface area contributed by atoms with Crippen molar-refractivity contribution in [2.75, 3.05) is 0 Å². The third-order valence-corrected chi connectivity index (χ3v) is 21.0. The van der Waals surface area contributed by atoms with Gasteiger partial charge in [0.25, 0.3) is 0 Å². The van der Waals surface area contributed by atoms with Crippen LogP contribution in [0.4, 0.5) is 0 Å². The summed E-state index contributed by atoms with van der Waals surface area (Å²) in [4.78, 5) is 0. The van der Waals surface area contributed by atoms with Gasteiger partial charge in [-0.1, -0.05) is 0 Å². The summed E-state index contributed by atoms with van der Waals surface area (Å²) in [6.07, 6.45) is 5.22. The quantitative estimate of drug-likeness (QED) is 0.179. The fourth-order valence-corrected chi connectivity index (χ4v) is 20.6. The molecule has 2 aliphatic carbocycles. The Morgan fingerprint density at radius 1 is 0.362 bits per heavy atom. The molecule has 0 saturated carbocycles. The molecule has 0 fully saturated rings. The number of allylic oxidation sites excluding steroid dienone is 2. The van der Waals surface area contributed by atoms with E-state index in [0.29, 0.717) is 7.25 Å². The van der Waals surface area contributed by atoms with Crippen LogP contribution in [0.25, 0.3) is 64.8 Å². The summed E-state index contributed by atoms with van der Waals surface area (Å²) < 4.78 is 1.08. The summed E-state index contributed by atoms with van der Waals surface area (Å²) in [5.74, 6) is 0. The van der Waals surface area contributed by atoms with Gasteiger partial charge in [0.15, 0.2) is 0 Å². The summed E-state index contributed by atoms with van der Waals surface area (Å²) in [7, 11) is -1.14. The van der Waals surface area contributed by atoms with E-state index in [1.54, 1.807) is 42.2 Å². The monoisotopic (exact) mass is 754 g/mol. The Morgan fingerprint density at radius 2 is 0.660 bits per heavy atom. The number of benzene rings is 6. The van der Waals surface area contributed by atoms with Gasteiger partial charge >= 0.3 is 278 Å². The maximum absolute atomic E-state index is 2.61. The van der Waals surface area contributed by atoms with Crippen molar-refractivity contribution in [3.05, 3.63) is 168 Å². The molecular formula is C42H28Cl2P2Zr. The second-order valence-electron chi connectivity index (χ2n) is 12.2. The van der Waals surface area contributed by atoms with E-state index in [-0.39, 0.29) is 24.8 Å². The van der Waals surface area contributed by atoms with Crippen LogP contribution >= 0.6 is 15.1 Å². The zero-order valence-corrected chi connectivity index (χ0v) is 31.1. The average molecular weight is 757 g/mol. The number of hydrogen-bond donors (Lipinski definition) is 0. The van der Waals surface area contributed by atoms with Crippen LogP contribution in [-0.4, -0.2) is 0 Å². The molecule has 2 atom stereocenters. The molecule has 8 aromatic rings. The molecule has 2 aliphatic rings. The van der Waals surface area contributed by atoms with E-state index in [0.717, 1.165) is 0 Å². The van der Waals surface area contributed by atoms with E-state index < -0.39 is 38.3 Å². The molecule has 0 spiro atoms. The van der Waals surface area contributed by atoms with Gasteiger partial charge in [-0.05, 0) is 0 Å². The normalized spacial score (nSPS) is 16.3. The van der Waals surface area contributed by atoms with Crippen LogP contribution in [0.3, 0.4) is 0 Å². The first-order chi connectivity index (χ1) is 22.3. The summed E-state index contributed by atoms with van der Waals surface area (Å²) in [5.41, 5.74) is 6.04. The molecular weight excluding hydrogens is 729 g/mol. The predicted molar refractivity (Wildman–Crippen MR) is 195 cm³/mol. The molecule has 2 unspecified atom stereocenters. The van der Waals surface area contributed by atoms with Crippen molar-refractivity contribution in [2.24, 2.45) is 0 Å². The van der Waals surface area contributed by atoms with Crippen molar-refractivity contribution in [2.45, 2.75) is 7.25 Å². The van der Waals surface area contributed by atoms with E-state index in [9.17, 15) is 0 Å². The fraction of sp³-hybridized carbons (Fsp3) is 0.0476. The first kappa shape index (κ1) is 31.2. The molecule has 0 aliphatic heterocycles. The van der Waals surface area contributed by atoms with E-state index in [1.165, 1.54) is 32.7 Å². The molecule has 0 amide bonds. The van der Waals surface area contributed by atoms with Crippen molar-refractivity contribution in [3.8, 4) is 0 Å². The first-order valence-electron chi connectivity index (χ1n) is 15.7. The van der Waals surface area contributed by atoms with Crippen LogP contribution in [-0.2, 0) is 23.2 Å². The molecule has 0 nitrogen and oxygen atoms in total. The largest absolute Gasteiger partial charge is 1.00 e. The third-order valence-electron chi connectivity index (χ3n) is 9.82. The van der Waals surface area contributed by atoms with Crippen LogP contribution in [0.5, 0.6) is 0 Å². The second-order valence-corrected chi connectivity index (χ2v) is 20.1. The van der Waals surface area contributed by atoms with Crippen LogP contribution in [0, 0.1) is 0 Å². The molecule has 2 aromatic heterocycles. The minimum absolute atomic E-state index is 0. The van der Waals surface area contributed by atoms with Gasteiger partial charge in [-0.15, -0.1) is 0 Å². The predicted octanol–water partition coefficient (Wildman–Crippen LogP) is 7.17. The third kappa shape index (κ3) is 4.74. The Bertz CT molecular complexity index is 2270. The summed E-state index contributed by atoms with van der Waals surface area (Å²) >= 11 is -1.13. The zero-order chi connectivity index (χ0) is 29.5. The van der Waals surface area contributed by atoms with E-state index in [2.05, 4.69) is 158 Å². The molecule has 0 saturated heterocycles. The van der Waals surface area contributed by atoms with Gasteiger partial charge < -0.3 is 24.8 Å². The minimum atomic E-state index is -1.13. The number of halogens is 2. The van der Waals surface area contributed by atoms with E-state index in [4.69, 9.17) is 0 Å². The van der Waals surface area contributed by atoms with E-state index >= 15 is 0 Å². The van der Waals surface area contributed by atoms with Gasteiger partial charge in [0, 0.05) is 0 Å². The Hall–Kier alpha value is -3.14. The average Bonchev–Trinajstić information content (AvgIpc) is 3.83. The van der Waals surface area contributed by atoms with Crippen LogP contribution in [0.1, 0.15) is 29.5 Å². The minimum Gasteiger partial charge on any atom is -1.00 e. The molecule has 6 aromatic carbocycles. The molecule has 10 rings (SSSR count). The summed E-state index contributed by atoms with van der Waals surface area (Å²) in [6.45, 7) is 0. The van der Waals surface area contributed by atoms with Crippen molar-refractivity contribution in [1.29, 1.82) is 0 Å². The summed E-state index contributed by atoms with van der Waals surface area (Å²) in [6, 6.07) is 55.6. The Morgan fingerprint density at radius 3 is 1.02 bits per heavy atom. The number of rotatable bonds is 4. The molecule has 2 heterocycles. The number of fused-ring (bicyclic) bond motifs is 8. The van der Waals surface area contributed by atoms with E-state index in [1.807, 2.05) is 0 Å². The molecule has 47 heavy (non-hydrogen) atoms. The van der Waals surface area contributed by atoms with Crippen LogP contribution in [0.2, 0.25) is 0 Å². The fourth-order valence-electron chi connectivity index (χ4n) is 7.92. The van der Waals surface area contributed by atoms with Crippen molar-refractivity contribution in [3.63, 3.8) is 0 Å². The topological polar surface area (TPSA) is 0 Å². The molecule has 224 valence electrons. The maximum Gasteiger partial charge on any atom is -1.00 e. The van der Waals surface area contributed by atoms with Gasteiger partial charge in [0.2, 0.25) is 0 Å². The standard InChI is InChI=1S/2C21H14P.2ClH.Zr/c2*1-2-8-16-14-17(13-15(16)7-1)22-20-11-5-3-9-18(20)19-10-4-6-12-21(19)22;;;/h2*1-14H;2*1H;/q;;;;+2/p-2. The maximum atomic E-state index is 2.61. The molecule has 0 bridgehead atoms. The Labute approximate surface area is 300 Å². The van der Waals surface area contributed by atoms with Crippen molar-refractivity contribution in [1.82, 2.24) is 0 Å². The Balaban J connectivity index is 0.00000162. The van der Waals surface area contributed by atoms with Crippen LogP contribution < -0.4 is 24.8 Å². The van der Waals surface area contributed by atoms with Gasteiger partial charge in [0.05, 0.1) is 0 Å². The van der Waals surface area contributed by atoms with Gasteiger partial charge in [-0.25, -0.2) is 0 Å². The SMILES string of the molecule is C1=C(p2c3ccccc3c3ccccc32)[CH]([Zr+2][CH]2C(p3c4ccccc4c4ccccc43)=Cc3ccccc32)c2ccccc21.[Cl-].[Cl-]. The summed E-state index contributed by atoms with van der Waals surface area (Å²) in [5, 5.41) is 15.3. The van der Waals surface area contributed by atoms with Crippen LogP contribution in [0.15, 0.2) is 146 Å².